The molecule has 0 aliphatic heterocycles. The molecule has 1 aromatic carbocycles. The standard InChI is InChI=1S/C14H15N3O/c15-8-12-3-5-13(6-4-12)9-17-10-14(16-11-17)2-1-7-18/h3-6,10-11,18H,1-2,7,9H2. The average molecular weight is 241 g/mol. The number of aromatic nitrogens is 2. The second-order valence-corrected chi connectivity index (χ2v) is 4.17. The van der Waals surface area contributed by atoms with Gasteiger partial charge in [0.2, 0.25) is 0 Å². The highest BCUT2D eigenvalue weighted by Gasteiger charge is 2.00. The number of aryl methyl sites for hydroxylation is 1. The number of imidazole rings is 1. The predicted molar refractivity (Wildman–Crippen MR) is 67.9 cm³/mol. The normalized spacial score (nSPS) is 10.2. The third-order valence-electron chi connectivity index (χ3n) is 2.73. The summed E-state index contributed by atoms with van der Waals surface area (Å²) in [6.07, 6.45) is 5.34. The number of benzene rings is 1. The van der Waals surface area contributed by atoms with Crippen LogP contribution in [0.25, 0.3) is 0 Å². The number of hydrogen-bond donors (Lipinski definition) is 1. The first-order chi connectivity index (χ1) is 8.81. The van der Waals surface area contributed by atoms with E-state index in [1.807, 2.05) is 35.0 Å². The Morgan fingerprint density at radius 3 is 2.72 bits per heavy atom. The van der Waals surface area contributed by atoms with E-state index in [-0.39, 0.29) is 6.61 Å². The number of aliphatic hydroxyl groups excluding tert-OH is 1. The lowest BCUT2D eigenvalue weighted by atomic mass is 10.1. The smallest absolute Gasteiger partial charge is 0.0991 e. The van der Waals surface area contributed by atoms with E-state index in [2.05, 4.69) is 11.1 Å². The summed E-state index contributed by atoms with van der Waals surface area (Å²) in [7, 11) is 0. The van der Waals surface area contributed by atoms with Crippen molar-refractivity contribution < 1.29 is 5.11 Å². The zero-order valence-corrected chi connectivity index (χ0v) is 10.1. The Bertz CT molecular complexity index is 537. The van der Waals surface area contributed by atoms with Gasteiger partial charge in [0.15, 0.2) is 0 Å². The minimum absolute atomic E-state index is 0.197. The highest BCUT2D eigenvalue weighted by molar-refractivity contribution is 5.31. The Morgan fingerprint density at radius 1 is 1.28 bits per heavy atom. The number of aliphatic hydroxyl groups is 1. The van der Waals surface area contributed by atoms with Gasteiger partial charge in [-0.25, -0.2) is 4.98 Å². The summed E-state index contributed by atoms with van der Waals surface area (Å²) in [6.45, 7) is 0.945. The Hall–Kier alpha value is -2.12. The lowest BCUT2D eigenvalue weighted by Crippen LogP contribution is -1.96. The van der Waals surface area contributed by atoms with Gasteiger partial charge in [0, 0.05) is 19.3 Å². The van der Waals surface area contributed by atoms with Gasteiger partial charge in [-0.15, -0.1) is 0 Å². The first kappa shape index (κ1) is 12.3. The number of hydrogen-bond acceptors (Lipinski definition) is 3. The molecule has 18 heavy (non-hydrogen) atoms. The van der Waals surface area contributed by atoms with Gasteiger partial charge in [-0.2, -0.15) is 5.26 Å². The van der Waals surface area contributed by atoms with Crippen LogP contribution in [0, 0.1) is 11.3 Å². The minimum atomic E-state index is 0.197. The van der Waals surface area contributed by atoms with Crippen molar-refractivity contribution in [3.63, 3.8) is 0 Å². The zero-order chi connectivity index (χ0) is 12.8. The molecule has 0 bridgehead atoms. The van der Waals surface area contributed by atoms with Crippen LogP contribution in [0.4, 0.5) is 0 Å². The van der Waals surface area contributed by atoms with Crippen LogP contribution in [-0.4, -0.2) is 21.3 Å². The molecular weight excluding hydrogens is 226 g/mol. The van der Waals surface area contributed by atoms with Gasteiger partial charge in [-0.05, 0) is 30.5 Å². The molecule has 1 aromatic heterocycles. The lowest BCUT2D eigenvalue weighted by Gasteiger charge is -2.02. The van der Waals surface area contributed by atoms with Gasteiger partial charge >= 0.3 is 0 Å². The molecule has 0 unspecified atom stereocenters. The molecule has 0 atom stereocenters. The van der Waals surface area contributed by atoms with Gasteiger partial charge in [0.1, 0.15) is 0 Å². The van der Waals surface area contributed by atoms with Crippen LogP contribution in [0.2, 0.25) is 0 Å². The molecular formula is C14H15N3O. The molecule has 0 saturated heterocycles. The number of nitriles is 1. The molecule has 4 heteroatoms. The quantitative estimate of drug-likeness (QED) is 0.867. The summed E-state index contributed by atoms with van der Waals surface area (Å²) in [5, 5.41) is 17.5. The Labute approximate surface area is 106 Å². The summed E-state index contributed by atoms with van der Waals surface area (Å²) in [5.74, 6) is 0. The maximum Gasteiger partial charge on any atom is 0.0991 e. The van der Waals surface area contributed by atoms with Crippen molar-refractivity contribution in [1.29, 1.82) is 5.26 Å². The van der Waals surface area contributed by atoms with Gasteiger partial charge < -0.3 is 9.67 Å². The molecule has 0 amide bonds. The maximum absolute atomic E-state index is 8.76. The summed E-state index contributed by atoms with van der Waals surface area (Å²) in [6, 6.07) is 9.64. The molecule has 92 valence electrons. The van der Waals surface area contributed by atoms with E-state index in [9.17, 15) is 0 Å². The second kappa shape index (κ2) is 5.99. The molecule has 0 spiro atoms. The van der Waals surface area contributed by atoms with Crippen molar-refractivity contribution >= 4 is 0 Å². The van der Waals surface area contributed by atoms with Gasteiger partial charge in [0.05, 0.1) is 23.7 Å². The molecule has 0 fully saturated rings. The first-order valence-electron chi connectivity index (χ1n) is 5.92. The van der Waals surface area contributed by atoms with Crippen LogP contribution < -0.4 is 0 Å². The monoisotopic (exact) mass is 241 g/mol. The van der Waals surface area contributed by atoms with E-state index in [4.69, 9.17) is 10.4 Å². The van der Waals surface area contributed by atoms with Crippen LogP contribution >= 0.6 is 0 Å². The fourth-order valence-corrected chi connectivity index (χ4v) is 1.78. The first-order valence-corrected chi connectivity index (χ1v) is 5.92. The summed E-state index contributed by atoms with van der Waals surface area (Å²) in [5.41, 5.74) is 2.81. The molecule has 0 saturated carbocycles. The highest BCUT2D eigenvalue weighted by atomic mass is 16.2. The third-order valence-corrected chi connectivity index (χ3v) is 2.73. The number of rotatable bonds is 5. The van der Waals surface area contributed by atoms with E-state index < -0.39 is 0 Å². The number of nitrogens with zero attached hydrogens (tertiary/aromatic N) is 3. The lowest BCUT2D eigenvalue weighted by molar-refractivity contribution is 0.288. The fraction of sp³-hybridized carbons (Fsp3) is 0.286. The summed E-state index contributed by atoms with van der Waals surface area (Å²) >= 11 is 0. The Balaban J connectivity index is 2.00. The Morgan fingerprint density at radius 2 is 2.06 bits per heavy atom. The maximum atomic E-state index is 8.76. The molecule has 0 aliphatic carbocycles. The van der Waals surface area contributed by atoms with Crippen LogP contribution in [0.3, 0.4) is 0 Å². The van der Waals surface area contributed by atoms with Gasteiger partial charge in [0.25, 0.3) is 0 Å². The molecule has 0 radical (unpaired) electrons. The fourth-order valence-electron chi connectivity index (χ4n) is 1.78. The molecule has 0 aliphatic rings. The largest absolute Gasteiger partial charge is 0.396 e. The van der Waals surface area contributed by atoms with Crippen molar-refractivity contribution in [2.24, 2.45) is 0 Å². The summed E-state index contributed by atoms with van der Waals surface area (Å²) < 4.78 is 2.01. The molecule has 4 nitrogen and oxygen atoms in total. The van der Waals surface area contributed by atoms with E-state index in [0.29, 0.717) is 5.56 Å². The van der Waals surface area contributed by atoms with Crippen LogP contribution in [-0.2, 0) is 13.0 Å². The SMILES string of the molecule is N#Cc1ccc(Cn2cnc(CCCO)c2)cc1. The topological polar surface area (TPSA) is 61.8 Å². The van der Waals surface area contributed by atoms with Crippen molar-refractivity contribution in [2.75, 3.05) is 6.61 Å². The summed E-state index contributed by atoms with van der Waals surface area (Å²) in [4.78, 5) is 4.28. The minimum Gasteiger partial charge on any atom is -0.396 e. The predicted octanol–water partition coefficient (Wildman–Crippen LogP) is 1.73. The van der Waals surface area contributed by atoms with Gasteiger partial charge in [-0.3, -0.25) is 0 Å². The van der Waals surface area contributed by atoms with E-state index in [0.717, 1.165) is 30.6 Å². The van der Waals surface area contributed by atoms with Gasteiger partial charge in [-0.1, -0.05) is 12.1 Å². The average Bonchev–Trinajstić information content (AvgIpc) is 2.85. The molecule has 2 aromatic rings. The van der Waals surface area contributed by atoms with E-state index in [1.165, 1.54) is 0 Å². The van der Waals surface area contributed by atoms with E-state index >= 15 is 0 Å². The van der Waals surface area contributed by atoms with Crippen LogP contribution in [0.15, 0.2) is 36.8 Å². The Kier molecular flexibility index (Phi) is 4.11. The van der Waals surface area contributed by atoms with Crippen molar-refractivity contribution in [3.8, 4) is 6.07 Å². The van der Waals surface area contributed by atoms with Crippen molar-refractivity contribution in [2.45, 2.75) is 19.4 Å². The zero-order valence-electron chi connectivity index (χ0n) is 10.1. The van der Waals surface area contributed by atoms with Crippen LogP contribution in [0.1, 0.15) is 23.2 Å². The second-order valence-electron chi connectivity index (χ2n) is 4.17. The highest BCUT2D eigenvalue weighted by Crippen LogP contribution is 2.07. The molecule has 2 rings (SSSR count). The van der Waals surface area contributed by atoms with E-state index in [1.54, 1.807) is 6.33 Å². The molecule has 1 heterocycles. The third kappa shape index (κ3) is 3.19. The van der Waals surface area contributed by atoms with Crippen molar-refractivity contribution in [1.82, 2.24) is 9.55 Å². The van der Waals surface area contributed by atoms with Crippen LogP contribution in [0.5, 0.6) is 0 Å². The van der Waals surface area contributed by atoms with Crippen molar-refractivity contribution in [3.05, 3.63) is 53.6 Å². The molecule has 1 N–H and O–H groups in total.